The predicted octanol–water partition coefficient (Wildman–Crippen LogP) is 1.99. The maximum Gasteiger partial charge on any atom is 0.257 e. The van der Waals surface area contributed by atoms with Crippen molar-refractivity contribution in [1.82, 2.24) is 24.6 Å². The lowest BCUT2D eigenvalue weighted by atomic mass is 9.89. The average Bonchev–Trinajstić information content (AvgIpc) is 3.10. The van der Waals surface area contributed by atoms with Crippen molar-refractivity contribution in [3.05, 3.63) is 41.9 Å². The van der Waals surface area contributed by atoms with Crippen LogP contribution >= 0.6 is 0 Å². The maximum atomic E-state index is 12.9. The molecule has 128 valence electrons. The second-order valence-electron chi connectivity index (χ2n) is 7.20. The predicted molar refractivity (Wildman–Crippen MR) is 93.3 cm³/mol. The minimum absolute atomic E-state index is 0.0189. The van der Waals surface area contributed by atoms with Crippen LogP contribution in [-0.2, 0) is 0 Å². The zero-order valence-corrected chi connectivity index (χ0v) is 14.9. The van der Waals surface area contributed by atoms with Crippen molar-refractivity contribution in [2.24, 2.45) is 5.41 Å². The SMILES string of the molecule is Cc1c(C(=O)N(C)CC2(C)CCN(C)C2)cnn1-c1ccccn1. The molecule has 1 atom stereocenters. The smallest absolute Gasteiger partial charge is 0.257 e. The van der Waals surface area contributed by atoms with Crippen LogP contribution in [0.25, 0.3) is 5.82 Å². The van der Waals surface area contributed by atoms with Crippen LogP contribution in [0.3, 0.4) is 0 Å². The summed E-state index contributed by atoms with van der Waals surface area (Å²) in [5, 5.41) is 4.35. The standard InChI is InChI=1S/C18H25N5O/c1-14-15(11-20-23(14)16-7-5-6-9-19-16)17(24)22(4)13-18(2)8-10-21(3)12-18/h5-7,9,11H,8,10,12-13H2,1-4H3. The Morgan fingerprint density at radius 3 is 2.83 bits per heavy atom. The molecule has 2 aromatic rings. The van der Waals surface area contributed by atoms with Gasteiger partial charge in [-0.05, 0) is 44.5 Å². The summed E-state index contributed by atoms with van der Waals surface area (Å²) in [5.41, 5.74) is 1.61. The number of hydrogen-bond donors (Lipinski definition) is 0. The van der Waals surface area contributed by atoms with Crippen molar-refractivity contribution in [1.29, 1.82) is 0 Å². The van der Waals surface area contributed by atoms with Crippen LogP contribution in [0.4, 0.5) is 0 Å². The van der Waals surface area contributed by atoms with Crippen molar-refractivity contribution < 1.29 is 4.79 Å². The molecule has 1 fully saturated rings. The van der Waals surface area contributed by atoms with Crippen LogP contribution in [0.5, 0.6) is 0 Å². The van der Waals surface area contributed by atoms with Crippen molar-refractivity contribution >= 4 is 5.91 Å². The Kier molecular flexibility index (Phi) is 4.41. The molecule has 0 aromatic carbocycles. The van der Waals surface area contributed by atoms with Crippen LogP contribution in [0.15, 0.2) is 30.6 Å². The van der Waals surface area contributed by atoms with Crippen LogP contribution in [0, 0.1) is 12.3 Å². The summed E-state index contributed by atoms with van der Waals surface area (Å²) in [6.07, 6.45) is 4.49. The maximum absolute atomic E-state index is 12.9. The Labute approximate surface area is 143 Å². The molecule has 3 heterocycles. The van der Waals surface area contributed by atoms with Gasteiger partial charge < -0.3 is 9.80 Å². The highest BCUT2D eigenvalue weighted by Gasteiger charge is 2.34. The fourth-order valence-corrected chi connectivity index (χ4v) is 3.58. The van der Waals surface area contributed by atoms with Gasteiger partial charge in [-0.2, -0.15) is 5.10 Å². The molecular formula is C18H25N5O. The van der Waals surface area contributed by atoms with E-state index in [2.05, 4.69) is 29.0 Å². The van der Waals surface area contributed by atoms with E-state index in [1.165, 1.54) is 0 Å². The van der Waals surface area contributed by atoms with Gasteiger partial charge in [0.05, 0.1) is 17.5 Å². The molecule has 1 saturated heterocycles. The summed E-state index contributed by atoms with van der Waals surface area (Å²) in [6.45, 7) is 7.04. The summed E-state index contributed by atoms with van der Waals surface area (Å²) < 4.78 is 1.71. The van der Waals surface area contributed by atoms with E-state index in [1.807, 2.05) is 37.1 Å². The lowest BCUT2D eigenvalue weighted by molar-refractivity contribution is 0.0729. The number of amides is 1. The normalized spacial score (nSPS) is 21.2. The van der Waals surface area contributed by atoms with Gasteiger partial charge in [0.15, 0.2) is 5.82 Å². The van der Waals surface area contributed by atoms with Crippen molar-refractivity contribution in [3.63, 3.8) is 0 Å². The largest absolute Gasteiger partial charge is 0.341 e. The third kappa shape index (κ3) is 3.19. The Hall–Kier alpha value is -2.21. The zero-order valence-electron chi connectivity index (χ0n) is 14.9. The molecule has 24 heavy (non-hydrogen) atoms. The molecule has 0 N–H and O–H groups in total. The highest BCUT2D eigenvalue weighted by Crippen LogP contribution is 2.30. The number of nitrogens with zero attached hydrogens (tertiary/aromatic N) is 5. The van der Waals surface area contributed by atoms with E-state index in [0.717, 1.165) is 37.6 Å². The van der Waals surface area contributed by atoms with Gasteiger partial charge in [0.2, 0.25) is 0 Å². The quantitative estimate of drug-likeness (QED) is 0.862. The second-order valence-corrected chi connectivity index (χ2v) is 7.20. The van der Waals surface area contributed by atoms with Gasteiger partial charge >= 0.3 is 0 Å². The first-order valence-electron chi connectivity index (χ1n) is 8.30. The van der Waals surface area contributed by atoms with Gasteiger partial charge in [0.25, 0.3) is 5.91 Å². The Balaban J connectivity index is 1.77. The zero-order chi connectivity index (χ0) is 17.3. The van der Waals surface area contributed by atoms with Gasteiger partial charge in [-0.15, -0.1) is 0 Å². The molecule has 1 aliphatic rings. The minimum Gasteiger partial charge on any atom is -0.341 e. The van der Waals surface area contributed by atoms with E-state index in [1.54, 1.807) is 17.1 Å². The number of rotatable bonds is 4. The first-order valence-corrected chi connectivity index (χ1v) is 8.30. The summed E-state index contributed by atoms with van der Waals surface area (Å²) >= 11 is 0. The number of carbonyl (C=O) groups excluding carboxylic acids is 1. The molecule has 0 saturated carbocycles. The number of carbonyl (C=O) groups is 1. The molecule has 0 spiro atoms. The fraction of sp³-hybridized carbons (Fsp3) is 0.500. The molecule has 0 bridgehead atoms. The lowest BCUT2D eigenvalue weighted by Gasteiger charge is -2.29. The molecule has 1 amide bonds. The van der Waals surface area contributed by atoms with E-state index >= 15 is 0 Å². The molecule has 3 rings (SSSR count). The van der Waals surface area contributed by atoms with E-state index in [0.29, 0.717) is 5.56 Å². The minimum atomic E-state index is 0.0189. The number of likely N-dealkylation sites (tertiary alicyclic amines) is 1. The van der Waals surface area contributed by atoms with E-state index in [-0.39, 0.29) is 11.3 Å². The molecule has 2 aromatic heterocycles. The van der Waals surface area contributed by atoms with Gasteiger partial charge in [-0.3, -0.25) is 4.79 Å². The first-order chi connectivity index (χ1) is 11.4. The van der Waals surface area contributed by atoms with E-state index in [4.69, 9.17) is 0 Å². The van der Waals surface area contributed by atoms with Gasteiger partial charge in [-0.1, -0.05) is 13.0 Å². The van der Waals surface area contributed by atoms with Crippen LogP contribution in [0.2, 0.25) is 0 Å². The second kappa shape index (κ2) is 6.36. The highest BCUT2D eigenvalue weighted by molar-refractivity contribution is 5.95. The topological polar surface area (TPSA) is 54.3 Å². The van der Waals surface area contributed by atoms with Crippen molar-refractivity contribution in [3.8, 4) is 5.82 Å². The summed E-state index contributed by atoms with van der Waals surface area (Å²) in [7, 11) is 4.01. The molecule has 0 aliphatic carbocycles. The fourth-order valence-electron chi connectivity index (χ4n) is 3.58. The van der Waals surface area contributed by atoms with E-state index < -0.39 is 0 Å². The number of hydrogen-bond acceptors (Lipinski definition) is 4. The number of aromatic nitrogens is 3. The monoisotopic (exact) mass is 327 g/mol. The molecular weight excluding hydrogens is 302 g/mol. The Morgan fingerprint density at radius 1 is 1.42 bits per heavy atom. The van der Waals surface area contributed by atoms with Gasteiger partial charge in [0.1, 0.15) is 0 Å². The summed E-state index contributed by atoms with van der Waals surface area (Å²) in [6, 6.07) is 5.66. The van der Waals surface area contributed by atoms with Crippen LogP contribution < -0.4 is 0 Å². The molecule has 6 heteroatoms. The lowest BCUT2D eigenvalue weighted by Crippen LogP contribution is -2.38. The Bertz CT molecular complexity index is 726. The van der Waals surface area contributed by atoms with Crippen LogP contribution in [-0.4, -0.2) is 64.2 Å². The average molecular weight is 327 g/mol. The summed E-state index contributed by atoms with van der Waals surface area (Å²) in [5.74, 6) is 0.742. The van der Waals surface area contributed by atoms with Crippen molar-refractivity contribution in [2.75, 3.05) is 33.7 Å². The van der Waals surface area contributed by atoms with Crippen molar-refractivity contribution in [2.45, 2.75) is 20.3 Å². The third-order valence-corrected chi connectivity index (χ3v) is 4.82. The summed E-state index contributed by atoms with van der Waals surface area (Å²) in [4.78, 5) is 21.3. The Morgan fingerprint density at radius 2 is 2.21 bits per heavy atom. The van der Waals surface area contributed by atoms with Gasteiger partial charge in [0, 0.05) is 26.3 Å². The first kappa shape index (κ1) is 16.6. The molecule has 1 unspecified atom stereocenters. The third-order valence-electron chi connectivity index (χ3n) is 4.82. The molecule has 1 aliphatic heterocycles. The van der Waals surface area contributed by atoms with E-state index in [9.17, 15) is 4.79 Å². The molecule has 0 radical (unpaired) electrons. The highest BCUT2D eigenvalue weighted by atomic mass is 16.2. The number of pyridine rings is 1. The van der Waals surface area contributed by atoms with Crippen LogP contribution in [0.1, 0.15) is 29.4 Å². The van der Waals surface area contributed by atoms with Gasteiger partial charge in [-0.25, -0.2) is 9.67 Å². The molecule has 6 nitrogen and oxygen atoms in total.